The molecule has 4 nitrogen and oxygen atoms in total. The molecule has 0 unspecified atom stereocenters. The molecule has 0 heterocycles. The summed E-state index contributed by atoms with van der Waals surface area (Å²) in [6.45, 7) is 7.00. The molecule has 1 aromatic rings. The van der Waals surface area contributed by atoms with Crippen molar-refractivity contribution in [3.05, 3.63) is 34.3 Å². The van der Waals surface area contributed by atoms with Gasteiger partial charge in [0, 0.05) is 17.6 Å². The fraction of sp³-hybridized carbons (Fsp3) is 0.467. The number of aliphatic carboxylic acids is 1. The van der Waals surface area contributed by atoms with Gasteiger partial charge in [0.05, 0.1) is 0 Å². The molecule has 0 saturated heterocycles. The highest BCUT2D eigenvalue weighted by molar-refractivity contribution is 6.31. The smallest absolute Gasteiger partial charge is 0.329 e. The van der Waals surface area contributed by atoms with E-state index in [1.807, 2.05) is 19.9 Å². The Kier molecular flexibility index (Phi) is 4.81. The Morgan fingerprint density at radius 2 is 1.85 bits per heavy atom. The fourth-order valence-corrected chi connectivity index (χ4v) is 2.12. The summed E-state index contributed by atoms with van der Waals surface area (Å²) >= 11 is 6.16. The van der Waals surface area contributed by atoms with Gasteiger partial charge in [-0.05, 0) is 37.5 Å². The molecule has 0 fully saturated rings. The van der Waals surface area contributed by atoms with Crippen molar-refractivity contribution >= 4 is 23.5 Å². The standard InChI is InChI=1S/C15H20ClNO3/c1-9(2)11-7-6-10(8-12(11)16)13(18)17(5)15(3,4)14(19)20/h6-9H,1-5H3,(H,19,20). The van der Waals surface area contributed by atoms with Gasteiger partial charge in [-0.3, -0.25) is 4.79 Å². The number of hydrogen-bond acceptors (Lipinski definition) is 2. The van der Waals surface area contributed by atoms with Gasteiger partial charge in [-0.2, -0.15) is 0 Å². The average Bonchev–Trinajstić information content (AvgIpc) is 2.36. The molecule has 1 aromatic carbocycles. The Bertz CT molecular complexity index is 538. The van der Waals surface area contributed by atoms with E-state index < -0.39 is 11.5 Å². The monoisotopic (exact) mass is 297 g/mol. The number of carboxylic acids is 1. The van der Waals surface area contributed by atoms with Crippen LogP contribution >= 0.6 is 11.6 Å². The number of amides is 1. The highest BCUT2D eigenvalue weighted by Crippen LogP contribution is 2.26. The Labute approximate surface area is 124 Å². The first-order chi connectivity index (χ1) is 9.09. The molecule has 5 heteroatoms. The van der Waals surface area contributed by atoms with Gasteiger partial charge >= 0.3 is 5.97 Å². The van der Waals surface area contributed by atoms with Crippen LogP contribution in [0.1, 0.15) is 49.5 Å². The van der Waals surface area contributed by atoms with Crippen LogP contribution in [0.15, 0.2) is 18.2 Å². The van der Waals surface area contributed by atoms with Gasteiger partial charge in [0.15, 0.2) is 0 Å². The highest BCUT2D eigenvalue weighted by atomic mass is 35.5. The highest BCUT2D eigenvalue weighted by Gasteiger charge is 2.35. The van der Waals surface area contributed by atoms with E-state index in [1.165, 1.54) is 25.8 Å². The number of hydrogen-bond donors (Lipinski definition) is 1. The van der Waals surface area contributed by atoms with Crippen LogP contribution in [0, 0.1) is 0 Å². The minimum atomic E-state index is -1.28. The molecule has 0 spiro atoms. The number of carbonyl (C=O) groups excluding carboxylic acids is 1. The molecule has 0 bridgehead atoms. The lowest BCUT2D eigenvalue weighted by Crippen LogP contribution is -2.50. The first-order valence-electron chi connectivity index (χ1n) is 6.40. The summed E-state index contributed by atoms with van der Waals surface area (Å²) in [4.78, 5) is 24.7. The summed E-state index contributed by atoms with van der Waals surface area (Å²) in [5.41, 5.74) is 0.0693. The number of carboxylic acid groups (broad SMARTS) is 1. The van der Waals surface area contributed by atoms with E-state index in [2.05, 4.69) is 0 Å². The zero-order valence-corrected chi connectivity index (χ0v) is 13.2. The van der Waals surface area contributed by atoms with Crippen molar-refractivity contribution < 1.29 is 14.7 Å². The molecule has 20 heavy (non-hydrogen) atoms. The van der Waals surface area contributed by atoms with E-state index in [9.17, 15) is 9.59 Å². The lowest BCUT2D eigenvalue weighted by atomic mass is 9.99. The summed E-state index contributed by atoms with van der Waals surface area (Å²) < 4.78 is 0. The zero-order valence-electron chi connectivity index (χ0n) is 12.4. The minimum absolute atomic E-state index is 0.264. The van der Waals surface area contributed by atoms with Gasteiger partial charge in [-0.15, -0.1) is 0 Å². The summed E-state index contributed by atoms with van der Waals surface area (Å²) in [6.07, 6.45) is 0. The number of benzene rings is 1. The third kappa shape index (κ3) is 3.12. The maximum atomic E-state index is 12.3. The van der Waals surface area contributed by atoms with Gasteiger partial charge < -0.3 is 10.0 Å². The second kappa shape index (κ2) is 5.83. The first-order valence-corrected chi connectivity index (χ1v) is 6.77. The lowest BCUT2D eigenvalue weighted by molar-refractivity contribution is -0.147. The van der Waals surface area contributed by atoms with Crippen LogP contribution in [0.5, 0.6) is 0 Å². The van der Waals surface area contributed by atoms with E-state index in [-0.39, 0.29) is 11.8 Å². The average molecular weight is 298 g/mol. The van der Waals surface area contributed by atoms with E-state index in [0.717, 1.165) is 5.56 Å². The molecule has 0 aliphatic heterocycles. The van der Waals surface area contributed by atoms with E-state index in [1.54, 1.807) is 12.1 Å². The second-order valence-electron chi connectivity index (χ2n) is 5.62. The third-order valence-electron chi connectivity index (χ3n) is 3.54. The molecular formula is C15H20ClNO3. The Hall–Kier alpha value is -1.55. The minimum Gasteiger partial charge on any atom is -0.480 e. The molecule has 1 rings (SSSR count). The van der Waals surface area contributed by atoms with Crippen molar-refractivity contribution in [2.75, 3.05) is 7.05 Å². The van der Waals surface area contributed by atoms with Crippen LogP contribution < -0.4 is 0 Å². The largest absolute Gasteiger partial charge is 0.480 e. The number of halogens is 1. The van der Waals surface area contributed by atoms with Gasteiger partial charge in [-0.25, -0.2) is 4.79 Å². The Morgan fingerprint density at radius 1 is 1.30 bits per heavy atom. The lowest BCUT2D eigenvalue weighted by Gasteiger charge is -2.31. The van der Waals surface area contributed by atoms with Crippen LogP contribution in [0.2, 0.25) is 5.02 Å². The maximum Gasteiger partial charge on any atom is 0.329 e. The Balaban J connectivity index is 3.10. The van der Waals surface area contributed by atoms with Crippen LogP contribution in [0.3, 0.4) is 0 Å². The molecule has 0 radical (unpaired) electrons. The summed E-state index contributed by atoms with van der Waals surface area (Å²) in [5, 5.41) is 9.68. The molecule has 0 saturated carbocycles. The number of carbonyl (C=O) groups is 2. The van der Waals surface area contributed by atoms with Crippen LogP contribution in [0.4, 0.5) is 0 Å². The Morgan fingerprint density at radius 3 is 2.25 bits per heavy atom. The summed E-state index contributed by atoms with van der Waals surface area (Å²) in [5.74, 6) is -1.16. The summed E-state index contributed by atoms with van der Waals surface area (Å²) in [7, 11) is 1.47. The van der Waals surface area contributed by atoms with Crippen molar-refractivity contribution in [1.29, 1.82) is 0 Å². The molecule has 0 aromatic heterocycles. The molecule has 0 atom stereocenters. The van der Waals surface area contributed by atoms with Crippen molar-refractivity contribution in [2.24, 2.45) is 0 Å². The van der Waals surface area contributed by atoms with Crippen LogP contribution in [-0.4, -0.2) is 34.5 Å². The van der Waals surface area contributed by atoms with Gasteiger partial charge in [-0.1, -0.05) is 31.5 Å². The molecule has 0 aliphatic carbocycles. The van der Waals surface area contributed by atoms with Crippen molar-refractivity contribution in [1.82, 2.24) is 4.90 Å². The maximum absolute atomic E-state index is 12.3. The zero-order chi connectivity index (χ0) is 15.7. The van der Waals surface area contributed by atoms with Crippen LogP contribution in [-0.2, 0) is 4.79 Å². The quantitative estimate of drug-likeness (QED) is 0.926. The SMILES string of the molecule is CC(C)c1ccc(C(=O)N(C)C(C)(C)C(=O)O)cc1Cl. The molecule has 1 amide bonds. The number of rotatable bonds is 4. The van der Waals surface area contributed by atoms with Gasteiger partial charge in [0.25, 0.3) is 5.91 Å². The topological polar surface area (TPSA) is 57.6 Å². The predicted octanol–water partition coefficient (Wildman–Crippen LogP) is 3.40. The van der Waals surface area contributed by atoms with Crippen molar-refractivity contribution in [3.63, 3.8) is 0 Å². The van der Waals surface area contributed by atoms with Crippen LogP contribution in [0.25, 0.3) is 0 Å². The van der Waals surface area contributed by atoms with Gasteiger partial charge in [0.1, 0.15) is 5.54 Å². The molecule has 110 valence electrons. The number of likely N-dealkylation sites (N-methyl/N-ethyl adjacent to an activating group) is 1. The summed E-state index contributed by atoms with van der Waals surface area (Å²) in [6, 6.07) is 5.08. The van der Waals surface area contributed by atoms with Crippen molar-refractivity contribution in [3.8, 4) is 0 Å². The van der Waals surface area contributed by atoms with Gasteiger partial charge in [0.2, 0.25) is 0 Å². The second-order valence-corrected chi connectivity index (χ2v) is 6.03. The predicted molar refractivity (Wildman–Crippen MR) is 79.3 cm³/mol. The number of nitrogens with zero attached hydrogens (tertiary/aromatic N) is 1. The van der Waals surface area contributed by atoms with E-state index in [4.69, 9.17) is 16.7 Å². The van der Waals surface area contributed by atoms with E-state index in [0.29, 0.717) is 10.6 Å². The fourth-order valence-electron chi connectivity index (χ4n) is 1.72. The molecule has 0 aliphatic rings. The molecular weight excluding hydrogens is 278 g/mol. The van der Waals surface area contributed by atoms with E-state index >= 15 is 0 Å². The van der Waals surface area contributed by atoms with Crippen molar-refractivity contribution in [2.45, 2.75) is 39.2 Å². The third-order valence-corrected chi connectivity index (χ3v) is 3.86. The normalized spacial score (nSPS) is 11.6. The molecule has 1 N–H and O–H groups in total. The first kappa shape index (κ1) is 16.5.